The van der Waals surface area contributed by atoms with E-state index in [4.69, 9.17) is 5.11 Å². The van der Waals surface area contributed by atoms with Crippen LogP contribution in [0.15, 0.2) is 0 Å². The molecule has 1 unspecified atom stereocenters. The number of carbonyl (C=O) groups is 2. The zero-order valence-corrected chi connectivity index (χ0v) is 10.9. The predicted octanol–water partition coefficient (Wildman–Crippen LogP) is 0.451. The van der Waals surface area contributed by atoms with Gasteiger partial charge in [-0.25, -0.2) is 0 Å². The molecule has 3 N–H and O–H groups in total. The fraction of sp³-hybridized carbons (Fsp3) is 0.818. The lowest BCUT2D eigenvalue weighted by Crippen LogP contribution is -2.36. The minimum Gasteiger partial charge on any atom is -0.481 e. The van der Waals surface area contributed by atoms with Crippen LogP contribution in [-0.4, -0.2) is 47.1 Å². The first-order valence-electron chi connectivity index (χ1n) is 5.91. The minimum atomic E-state index is -0.885. The zero-order valence-electron chi connectivity index (χ0n) is 10.1. The second-order valence-electron chi connectivity index (χ2n) is 4.33. The van der Waals surface area contributed by atoms with Crippen molar-refractivity contribution >= 4 is 23.6 Å². The molecule has 0 bridgehead atoms. The van der Waals surface area contributed by atoms with E-state index in [0.29, 0.717) is 11.0 Å². The zero-order chi connectivity index (χ0) is 12.7. The van der Waals surface area contributed by atoms with E-state index in [1.807, 2.05) is 0 Å². The highest BCUT2D eigenvalue weighted by atomic mass is 32.2. The maximum absolute atomic E-state index is 11.5. The van der Waals surface area contributed by atoms with Crippen molar-refractivity contribution in [3.8, 4) is 0 Å². The number of thioether (sulfide) groups is 1. The molecule has 1 heterocycles. The SMILES string of the molecule is CC(CC(=O)O)NC(=O)CSC1CCNCC1. The maximum atomic E-state index is 11.5. The second kappa shape index (κ2) is 7.55. The summed E-state index contributed by atoms with van der Waals surface area (Å²) in [5.41, 5.74) is 0. The highest BCUT2D eigenvalue weighted by Crippen LogP contribution is 2.19. The standard InChI is InChI=1S/C11H20N2O3S/c1-8(6-11(15)16)13-10(14)7-17-9-2-4-12-5-3-9/h8-9,12H,2-7H2,1H3,(H,13,14)(H,15,16). The van der Waals surface area contributed by atoms with E-state index >= 15 is 0 Å². The Balaban J connectivity index is 2.13. The molecule has 1 rings (SSSR count). The molecule has 0 aliphatic carbocycles. The number of hydrogen-bond donors (Lipinski definition) is 3. The molecular formula is C11H20N2O3S. The van der Waals surface area contributed by atoms with Crippen LogP contribution in [0.25, 0.3) is 0 Å². The summed E-state index contributed by atoms with van der Waals surface area (Å²) in [6, 6.07) is -0.298. The third kappa shape index (κ3) is 6.53. The molecule has 0 aromatic rings. The van der Waals surface area contributed by atoms with Crippen LogP contribution in [0.4, 0.5) is 0 Å². The molecule has 1 atom stereocenters. The van der Waals surface area contributed by atoms with Gasteiger partial charge in [0.1, 0.15) is 0 Å². The lowest BCUT2D eigenvalue weighted by molar-refractivity contribution is -0.137. The summed E-state index contributed by atoms with van der Waals surface area (Å²) >= 11 is 1.67. The lowest BCUT2D eigenvalue weighted by atomic mass is 10.2. The van der Waals surface area contributed by atoms with Crippen LogP contribution in [0.3, 0.4) is 0 Å². The Labute approximate surface area is 106 Å². The van der Waals surface area contributed by atoms with E-state index in [1.54, 1.807) is 18.7 Å². The maximum Gasteiger partial charge on any atom is 0.305 e. The van der Waals surface area contributed by atoms with Gasteiger partial charge in [0.05, 0.1) is 12.2 Å². The molecule has 6 heteroatoms. The average Bonchev–Trinajstić information content (AvgIpc) is 2.26. The number of nitrogens with one attached hydrogen (secondary N) is 2. The number of rotatable bonds is 6. The summed E-state index contributed by atoms with van der Waals surface area (Å²) in [6.07, 6.45) is 2.18. The number of hydrogen-bond acceptors (Lipinski definition) is 4. The first-order chi connectivity index (χ1) is 8.08. The Bertz CT molecular complexity index is 267. The van der Waals surface area contributed by atoms with Gasteiger partial charge < -0.3 is 15.7 Å². The molecule has 1 saturated heterocycles. The molecule has 17 heavy (non-hydrogen) atoms. The van der Waals surface area contributed by atoms with Gasteiger partial charge >= 0.3 is 5.97 Å². The molecule has 1 amide bonds. The first kappa shape index (κ1) is 14.3. The van der Waals surface area contributed by atoms with Crippen molar-refractivity contribution in [1.29, 1.82) is 0 Å². The third-order valence-electron chi connectivity index (χ3n) is 2.62. The topological polar surface area (TPSA) is 78.4 Å². The smallest absolute Gasteiger partial charge is 0.305 e. The van der Waals surface area contributed by atoms with Gasteiger partial charge in [-0.3, -0.25) is 9.59 Å². The van der Waals surface area contributed by atoms with Gasteiger partial charge in [0.15, 0.2) is 0 Å². The molecule has 1 aliphatic heterocycles. The molecule has 5 nitrogen and oxygen atoms in total. The fourth-order valence-corrected chi connectivity index (χ4v) is 2.82. The number of piperidine rings is 1. The Hall–Kier alpha value is -0.750. The van der Waals surface area contributed by atoms with E-state index in [-0.39, 0.29) is 18.4 Å². The Kier molecular flexibility index (Phi) is 6.36. The number of carboxylic acid groups (broad SMARTS) is 1. The van der Waals surface area contributed by atoms with Gasteiger partial charge in [0.2, 0.25) is 5.91 Å². The molecule has 0 spiro atoms. The first-order valence-corrected chi connectivity index (χ1v) is 6.96. The number of amides is 1. The van der Waals surface area contributed by atoms with E-state index in [9.17, 15) is 9.59 Å². The number of carboxylic acids is 1. The lowest BCUT2D eigenvalue weighted by Gasteiger charge is -2.22. The Morgan fingerprint density at radius 3 is 2.71 bits per heavy atom. The van der Waals surface area contributed by atoms with Gasteiger partial charge in [-0.2, -0.15) is 0 Å². The Morgan fingerprint density at radius 1 is 1.47 bits per heavy atom. The van der Waals surface area contributed by atoms with Crippen LogP contribution in [0.5, 0.6) is 0 Å². The molecule has 0 radical (unpaired) electrons. The van der Waals surface area contributed by atoms with Gasteiger partial charge in [-0.15, -0.1) is 11.8 Å². The van der Waals surface area contributed by atoms with Crippen LogP contribution in [0.2, 0.25) is 0 Å². The highest BCUT2D eigenvalue weighted by molar-refractivity contribution is 8.00. The summed E-state index contributed by atoms with van der Waals surface area (Å²) < 4.78 is 0. The number of carbonyl (C=O) groups excluding carboxylic acids is 1. The minimum absolute atomic E-state index is 0.0241. The molecular weight excluding hydrogens is 240 g/mol. The van der Waals surface area contributed by atoms with E-state index in [0.717, 1.165) is 25.9 Å². The molecule has 1 aliphatic rings. The average molecular weight is 260 g/mol. The predicted molar refractivity (Wildman–Crippen MR) is 68.2 cm³/mol. The van der Waals surface area contributed by atoms with Crippen LogP contribution >= 0.6 is 11.8 Å². The quantitative estimate of drug-likeness (QED) is 0.646. The monoisotopic (exact) mass is 260 g/mol. The third-order valence-corrected chi connectivity index (χ3v) is 4.00. The van der Waals surface area contributed by atoms with Crippen molar-refractivity contribution in [2.45, 2.75) is 37.5 Å². The van der Waals surface area contributed by atoms with E-state index in [1.165, 1.54) is 0 Å². The van der Waals surface area contributed by atoms with Crippen LogP contribution in [0, 0.1) is 0 Å². The molecule has 0 aromatic carbocycles. The molecule has 1 fully saturated rings. The largest absolute Gasteiger partial charge is 0.481 e. The molecule has 0 aromatic heterocycles. The van der Waals surface area contributed by atoms with Crippen molar-refractivity contribution in [3.63, 3.8) is 0 Å². The van der Waals surface area contributed by atoms with E-state index in [2.05, 4.69) is 10.6 Å². The summed E-state index contributed by atoms with van der Waals surface area (Å²) in [7, 11) is 0. The van der Waals surface area contributed by atoms with Crippen molar-refractivity contribution in [3.05, 3.63) is 0 Å². The van der Waals surface area contributed by atoms with Crippen LogP contribution < -0.4 is 10.6 Å². The van der Waals surface area contributed by atoms with Gasteiger partial charge in [0.25, 0.3) is 0 Å². The number of aliphatic carboxylic acids is 1. The normalized spacial score (nSPS) is 18.6. The Morgan fingerprint density at radius 2 is 2.12 bits per heavy atom. The summed E-state index contributed by atoms with van der Waals surface area (Å²) in [5, 5.41) is 15.1. The van der Waals surface area contributed by atoms with Gasteiger partial charge in [-0.05, 0) is 32.9 Å². The summed E-state index contributed by atoms with van der Waals surface area (Å²) in [5.74, 6) is -0.527. The van der Waals surface area contributed by atoms with Crippen molar-refractivity contribution < 1.29 is 14.7 Å². The summed E-state index contributed by atoms with van der Waals surface area (Å²) in [4.78, 5) is 22.0. The van der Waals surface area contributed by atoms with Crippen LogP contribution in [0.1, 0.15) is 26.2 Å². The summed E-state index contributed by atoms with van der Waals surface area (Å²) in [6.45, 7) is 3.75. The van der Waals surface area contributed by atoms with Crippen molar-refractivity contribution in [2.75, 3.05) is 18.8 Å². The van der Waals surface area contributed by atoms with Crippen molar-refractivity contribution in [2.24, 2.45) is 0 Å². The van der Waals surface area contributed by atoms with Gasteiger partial charge in [-0.1, -0.05) is 0 Å². The van der Waals surface area contributed by atoms with Crippen LogP contribution in [-0.2, 0) is 9.59 Å². The van der Waals surface area contributed by atoms with E-state index < -0.39 is 5.97 Å². The fourth-order valence-electron chi connectivity index (χ4n) is 1.79. The van der Waals surface area contributed by atoms with Gasteiger partial charge in [0, 0.05) is 11.3 Å². The molecule has 98 valence electrons. The van der Waals surface area contributed by atoms with Crippen molar-refractivity contribution in [1.82, 2.24) is 10.6 Å². The molecule has 0 saturated carbocycles. The highest BCUT2D eigenvalue weighted by Gasteiger charge is 2.16. The second-order valence-corrected chi connectivity index (χ2v) is 5.62.